The van der Waals surface area contributed by atoms with Gasteiger partial charge >= 0.3 is 5.97 Å². The summed E-state index contributed by atoms with van der Waals surface area (Å²) in [6.07, 6.45) is 1.99. The molecule has 0 aromatic carbocycles. The molecule has 0 fully saturated rings. The molecule has 2 aromatic rings. The Hall–Kier alpha value is -2.22. The minimum absolute atomic E-state index is 0.205. The normalized spacial score (nSPS) is 10.8. The fourth-order valence-corrected chi connectivity index (χ4v) is 2.90. The lowest BCUT2D eigenvalue weighted by Crippen LogP contribution is -2.25. The predicted octanol–water partition coefficient (Wildman–Crippen LogP) is 0.819. The molecule has 1 amide bonds. The molecule has 112 valence electrons. The molecule has 21 heavy (non-hydrogen) atoms. The van der Waals surface area contributed by atoms with Crippen molar-refractivity contribution in [1.29, 1.82) is 0 Å². The van der Waals surface area contributed by atoms with Gasteiger partial charge in [-0.1, -0.05) is 6.92 Å². The van der Waals surface area contributed by atoms with Crippen LogP contribution in [-0.2, 0) is 16.1 Å². The Labute approximate surface area is 124 Å². The minimum atomic E-state index is -0.594. The first-order valence-electron chi connectivity index (χ1n) is 6.39. The first-order valence-corrected chi connectivity index (χ1v) is 7.21. The predicted molar refractivity (Wildman–Crippen MR) is 78.4 cm³/mol. The monoisotopic (exact) mass is 309 g/mol. The number of thiophene rings is 1. The SMILES string of the molecule is CCCOC(=O)Cn1cnc2sc(C(N)=O)c(C)c2c1=O. The Bertz CT molecular complexity index is 763. The zero-order chi connectivity index (χ0) is 15.6. The number of amides is 1. The van der Waals surface area contributed by atoms with E-state index in [1.165, 1.54) is 10.9 Å². The van der Waals surface area contributed by atoms with Crippen LogP contribution in [0.3, 0.4) is 0 Å². The molecule has 0 spiro atoms. The van der Waals surface area contributed by atoms with Crippen LogP contribution < -0.4 is 11.3 Å². The second kappa shape index (κ2) is 6.04. The van der Waals surface area contributed by atoms with Gasteiger partial charge in [-0.25, -0.2) is 4.98 Å². The summed E-state index contributed by atoms with van der Waals surface area (Å²) in [4.78, 5) is 40.1. The van der Waals surface area contributed by atoms with Gasteiger partial charge in [-0.3, -0.25) is 19.0 Å². The number of hydrogen-bond donors (Lipinski definition) is 1. The number of rotatable bonds is 5. The number of hydrogen-bond acceptors (Lipinski definition) is 6. The maximum atomic E-state index is 12.4. The summed E-state index contributed by atoms with van der Waals surface area (Å²) in [5, 5.41) is 0.319. The first-order chi connectivity index (χ1) is 9.95. The number of primary amides is 1. The van der Waals surface area contributed by atoms with Gasteiger partial charge in [0.1, 0.15) is 11.4 Å². The highest BCUT2D eigenvalue weighted by atomic mass is 32.1. The zero-order valence-electron chi connectivity index (χ0n) is 11.7. The van der Waals surface area contributed by atoms with Crippen LogP contribution in [0.1, 0.15) is 28.6 Å². The molecule has 0 aliphatic carbocycles. The van der Waals surface area contributed by atoms with Crippen molar-refractivity contribution in [1.82, 2.24) is 9.55 Å². The largest absolute Gasteiger partial charge is 0.464 e. The highest BCUT2D eigenvalue weighted by molar-refractivity contribution is 7.20. The van der Waals surface area contributed by atoms with Gasteiger partial charge in [0.05, 0.1) is 23.2 Å². The van der Waals surface area contributed by atoms with Crippen molar-refractivity contribution in [3.8, 4) is 0 Å². The van der Waals surface area contributed by atoms with E-state index in [0.29, 0.717) is 33.7 Å². The summed E-state index contributed by atoms with van der Waals surface area (Å²) >= 11 is 1.07. The summed E-state index contributed by atoms with van der Waals surface area (Å²) in [6.45, 7) is 3.63. The molecule has 0 unspecified atom stereocenters. The Morgan fingerprint density at radius 3 is 2.81 bits per heavy atom. The number of esters is 1. The summed E-state index contributed by atoms with van der Waals surface area (Å²) in [7, 11) is 0. The number of aryl methyl sites for hydroxylation is 1. The summed E-state index contributed by atoms with van der Waals surface area (Å²) in [5.41, 5.74) is 5.38. The quantitative estimate of drug-likeness (QED) is 0.823. The fraction of sp³-hybridized carbons (Fsp3) is 0.385. The van der Waals surface area contributed by atoms with Crippen molar-refractivity contribution in [3.05, 3.63) is 27.1 Å². The molecule has 0 radical (unpaired) electrons. The highest BCUT2D eigenvalue weighted by Gasteiger charge is 2.18. The van der Waals surface area contributed by atoms with Gasteiger partial charge in [0.2, 0.25) is 0 Å². The molecule has 2 heterocycles. The molecule has 2 N–H and O–H groups in total. The Morgan fingerprint density at radius 1 is 1.48 bits per heavy atom. The topological polar surface area (TPSA) is 104 Å². The first kappa shape index (κ1) is 15.2. The number of nitrogens with two attached hydrogens (primary N) is 1. The zero-order valence-corrected chi connectivity index (χ0v) is 12.5. The molecule has 0 aliphatic heterocycles. The van der Waals surface area contributed by atoms with Crippen LogP contribution in [-0.4, -0.2) is 28.0 Å². The van der Waals surface area contributed by atoms with E-state index in [1.807, 2.05) is 6.92 Å². The smallest absolute Gasteiger partial charge is 0.326 e. The molecule has 0 atom stereocenters. The molecular weight excluding hydrogens is 294 g/mol. The third-order valence-corrected chi connectivity index (χ3v) is 4.12. The van der Waals surface area contributed by atoms with Crippen molar-refractivity contribution in [3.63, 3.8) is 0 Å². The number of carbonyl (C=O) groups is 2. The van der Waals surface area contributed by atoms with E-state index in [2.05, 4.69) is 4.98 Å². The lowest BCUT2D eigenvalue weighted by molar-refractivity contribution is -0.144. The van der Waals surface area contributed by atoms with Crippen LogP contribution in [0.15, 0.2) is 11.1 Å². The lowest BCUT2D eigenvalue weighted by Gasteiger charge is -2.05. The second-order valence-electron chi connectivity index (χ2n) is 4.50. The molecule has 2 aromatic heterocycles. The number of aromatic nitrogens is 2. The molecule has 2 rings (SSSR count). The van der Waals surface area contributed by atoms with E-state index >= 15 is 0 Å². The van der Waals surface area contributed by atoms with Gasteiger partial charge in [0, 0.05) is 0 Å². The molecule has 0 saturated heterocycles. The van der Waals surface area contributed by atoms with Crippen LogP contribution in [0.4, 0.5) is 0 Å². The molecule has 0 bridgehead atoms. The van der Waals surface area contributed by atoms with Crippen molar-refractivity contribution in [2.24, 2.45) is 5.73 Å². The number of nitrogens with zero attached hydrogens (tertiary/aromatic N) is 2. The van der Waals surface area contributed by atoms with Gasteiger partial charge in [0.25, 0.3) is 11.5 Å². The Balaban J connectivity index is 2.42. The average molecular weight is 309 g/mol. The third-order valence-electron chi connectivity index (χ3n) is 2.91. The van der Waals surface area contributed by atoms with Crippen LogP contribution >= 0.6 is 11.3 Å². The maximum Gasteiger partial charge on any atom is 0.326 e. The maximum absolute atomic E-state index is 12.4. The van der Waals surface area contributed by atoms with Gasteiger partial charge in [-0.15, -0.1) is 11.3 Å². The average Bonchev–Trinajstić information content (AvgIpc) is 2.78. The summed E-state index contributed by atoms with van der Waals surface area (Å²) < 4.78 is 6.11. The summed E-state index contributed by atoms with van der Waals surface area (Å²) in [5.74, 6) is -1.09. The number of ether oxygens (including phenoxy) is 1. The van der Waals surface area contributed by atoms with E-state index < -0.39 is 11.9 Å². The van der Waals surface area contributed by atoms with Gasteiger partial charge in [0.15, 0.2) is 0 Å². The fourth-order valence-electron chi connectivity index (χ4n) is 1.91. The van der Waals surface area contributed by atoms with Gasteiger partial charge < -0.3 is 10.5 Å². The number of carbonyl (C=O) groups excluding carboxylic acids is 2. The van der Waals surface area contributed by atoms with E-state index in [9.17, 15) is 14.4 Å². The van der Waals surface area contributed by atoms with Crippen molar-refractivity contribution < 1.29 is 14.3 Å². The van der Waals surface area contributed by atoms with Gasteiger partial charge in [-0.05, 0) is 18.9 Å². The summed E-state index contributed by atoms with van der Waals surface area (Å²) in [6, 6.07) is 0. The lowest BCUT2D eigenvalue weighted by atomic mass is 10.2. The van der Waals surface area contributed by atoms with Crippen LogP contribution in [0.25, 0.3) is 10.2 Å². The van der Waals surface area contributed by atoms with Crippen LogP contribution in [0.2, 0.25) is 0 Å². The van der Waals surface area contributed by atoms with Crippen LogP contribution in [0, 0.1) is 6.92 Å². The molecule has 0 aliphatic rings. The Kier molecular flexibility index (Phi) is 4.37. The third kappa shape index (κ3) is 2.94. The number of fused-ring (bicyclic) bond motifs is 1. The van der Waals surface area contributed by atoms with Crippen molar-refractivity contribution in [2.75, 3.05) is 6.61 Å². The molecule has 7 nitrogen and oxygen atoms in total. The van der Waals surface area contributed by atoms with Crippen molar-refractivity contribution >= 4 is 33.4 Å². The van der Waals surface area contributed by atoms with Crippen molar-refractivity contribution in [2.45, 2.75) is 26.8 Å². The molecular formula is C13H15N3O4S. The standard InChI is InChI=1S/C13H15N3O4S/c1-3-4-20-8(17)5-16-6-15-12-9(13(16)19)7(2)10(21-12)11(14)18/h6H,3-5H2,1-2H3,(H2,14,18). The molecule has 0 saturated carbocycles. The van der Waals surface area contributed by atoms with E-state index in [4.69, 9.17) is 10.5 Å². The second-order valence-corrected chi connectivity index (χ2v) is 5.50. The highest BCUT2D eigenvalue weighted by Crippen LogP contribution is 2.26. The van der Waals surface area contributed by atoms with E-state index in [0.717, 1.165) is 11.3 Å². The van der Waals surface area contributed by atoms with E-state index in [1.54, 1.807) is 6.92 Å². The molecule has 8 heteroatoms. The van der Waals surface area contributed by atoms with Gasteiger partial charge in [-0.2, -0.15) is 0 Å². The minimum Gasteiger partial charge on any atom is -0.464 e. The van der Waals surface area contributed by atoms with E-state index in [-0.39, 0.29) is 12.1 Å². The Morgan fingerprint density at radius 2 is 2.19 bits per heavy atom. The van der Waals surface area contributed by atoms with Crippen LogP contribution in [0.5, 0.6) is 0 Å².